The second kappa shape index (κ2) is 6.41. The lowest BCUT2D eigenvalue weighted by atomic mass is 10.1. The molecular weight excluding hydrogens is 228 g/mol. The van der Waals surface area contributed by atoms with Gasteiger partial charge in [-0.3, -0.25) is 4.98 Å². The van der Waals surface area contributed by atoms with Gasteiger partial charge in [-0.1, -0.05) is 12.8 Å². The summed E-state index contributed by atoms with van der Waals surface area (Å²) >= 11 is 1.96. The molecule has 1 aromatic rings. The first-order valence-electron chi connectivity index (χ1n) is 6.55. The van der Waals surface area contributed by atoms with E-state index in [9.17, 15) is 0 Å². The van der Waals surface area contributed by atoms with Gasteiger partial charge in [-0.25, -0.2) is 0 Å². The lowest BCUT2D eigenvalue weighted by Crippen LogP contribution is -2.13. The van der Waals surface area contributed by atoms with Crippen LogP contribution in [0.25, 0.3) is 0 Å². The number of nitrogens with zero attached hydrogens (tertiary/aromatic N) is 1. The normalized spacial score (nSPS) is 18.5. The Morgan fingerprint density at radius 1 is 1.41 bits per heavy atom. The van der Waals surface area contributed by atoms with Crippen molar-refractivity contribution in [2.75, 3.05) is 12.8 Å². The maximum Gasteiger partial charge on any atom is 0.0571 e. The van der Waals surface area contributed by atoms with Crippen LogP contribution in [0, 0.1) is 5.92 Å². The van der Waals surface area contributed by atoms with Gasteiger partial charge in [0.15, 0.2) is 0 Å². The molecule has 17 heavy (non-hydrogen) atoms. The highest BCUT2D eigenvalue weighted by Crippen LogP contribution is 2.30. The van der Waals surface area contributed by atoms with Gasteiger partial charge in [-0.15, -0.1) is 11.8 Å². The minimum atomic E-state index is 0.337. The summed E-state index contributed by atoms with van der Waals surface area (Å²) in [5.74, 6) is 2.21. The Bertz CT molecular complexity index is 331. The van der Waals surface area contributed by atoms with Crippen LogP contribution in [-0.2, 0) is 0 Å². The molecule has 0 amide bonds. The van der Waals surface area contributed by atoms with Gasteiger partial charge >= 0.3 is 0 Å². The van der Waals surface area contributed by atoms with Gasteiger partial charge in [0, 0.05) is 22.9 Å². The van der Waals surface area contributed by atoms with Crippen LogP contribution in [0.2, 0.25) is 0 Å². The fraction of sp³-hybridized carbons (Fsp3) is 0.643. The zero-order valence-corrected chi connectivity index (χ0v) is 11.6. The van der Waals surface area contributed by atoms with E-state index in [2.05, 4.69) is 29.4 Å². The standard InChI is InChI=1S/C14H22N2S/c1-11(15-2)14-8-7-13(9-16-14)17-10-12-5-3-4-6-12/h7-9,11-12,15H,3-6,10H2,1-2H3. The van der Waals surface area contributed by atoms with E-state index < -0.39 is 0 Å². The van der Waals surface area contributed by atoms with Gasteiger partial charge in [0.05, 0.1) is 5.69 Å². The van der Waals surface area contributed by atoms with Crippen molar-refractivity contribution in [3.8, 4) is 0 Å². The average Bonchev–Trinajstić information content (AvgIpc) is 2.89. The smallest absolute Gasteiger partial charge is 0.0571 e. The van der Waals surface area contributed by atoms with Crippen molar-refractivity contribution in [1.82, 2.24) is 10.3 Å². The Kier molecular flexibility index (Phi) is 4.86. The Morgan fingerprint density at radius 3 is 2.76 bits per heavy atom. The summed E-state index contributed by atoms with van der Waals surface area (Å²) in [5, 5.41) is 3.21. The fourth-order valence-corrected chi connectivity index (χ4v) is 3.33. The molecule has 1 N–H and O–H groups in total. The van der Waals surface area contributed by atoms with Crippen LogP contribution in [-0.4, -0.2) is 17.8 Å². The summed E-state index contributed by atoms with van der Waals surface area (Å²) in [6, 6.07) is 4.68. The zero-order valence-electron chi connectivity index (χ0n) is 10.8. The summed E-state index contributed by atoms with van der Waals surface area (Å²) in [7, 11) is 1.97. The summed E-state index contributed by atoms with van der Waals surface area (Å²) in [4.78, 5) is 5.82. The molecule has 0 radical (unpaired) electrons. The Morgan fingerprint density at radius 2 is 2.18 bits per heavy atom. The molecule has 1 fully saturated rings. The third kappa shape index (κ3) is 3.71. The summed E-state index contributed by atoms with van der Waals surface area (Å²) in [6.07, 6.45) is 7.73. The second-order valence-corrected chi connectivity index (χ2v) is 5.98. The number of hydrogen-bond donors (Lipinski definition) is 1. The maximum absolute atomic E-state index is 4.51. The highest BCUT2D eigenvalue weighted by Gasteiger charge is 2.15. The molecule has 1 aliphatic carbocycles. The minimum Gasteiger partial charge on any atom is -0.312 e. The first-order valence-corrected chi connectivity index (χ1v) is 7.54. The molecule has 1 unspecified atom stereocenters. The summed E-state index contributed by atoms with van der Waals surface area (Å²) in [6.45, 7) is 2.13. The monoisotopic (exact) mass is 250 g/mol. The van der Waals surface area contributed by atoms with E-state index >= 15 is 0 Å². The van der Waals surface area contributed by atoms with Crippen molar-refractivity contribution in [3.05, 3.63) is 24.0 Å². The first-order chi connectivity index (χ1) is 8.29. The van der Waals surface area contributed by atoms with E-state index in [1.165, 1.54) is 36.3 Å². The topological polar surface area (TPSA) is 24.9 Å². The van der Waals surface area contributed by atoms with Crippen LogP contribution < -0.4 is 5.32 Å². The molecule has 2 rings (SSSR count). The number of pyridine rings is 1. The van der Waals surface area contributed by atoms with Gasteiger partial charge in [-0.2, -0.15) is 0 Å². The van der Waals surface area contributed by atoms with Crippen molar-refractivity contribution in [2.24, 2.45) is 5.92 Å². The van der Waals surface area contributed by atoms with Crippen LogP contribution in [0.1, 0.15) is 44.3 Å². The fourth-order valence-electron chi connectivity index (χ4n) is 2.27. The van der Waals surface area contributed by atoms with Crippen molar-refractivity contribution in [1.29, 1.82) is 0 Å². The lowest BCUT2D eigenvalue weighted by molar-refractivity contribution is 0.622. The van der Waals surface area contributed by atoms with Gasteiger partial charge in [0.1, 0.15) is 0 Å². The Hall–Kier alpha value is -0.540. The quantitative estimate of drug-likeness (QED) is 0.808. The minimum absolute atomic E-state index is 0.337. The van der Waals surface area contributed by atoms with E-state index in [0.29, 0.717) is 6.04 Å². The molecule has 3 heteroatoms. The molecule has 2 nitrogen and oxygen atoms in total. The number of nitrogens with one attached hydrogen (secondary N) is 1. The number of aromatic nitrogens is 1. The first kappa shape index (κ1) is 12.9. The molecule has 1 saturated carbocycles. The molecule has 1 aromatic heterocycles. The van der Waals surface area contributed by atoms with Crippen LogP contribution in [0.5, 0.6) is 0 Å². The third-order valence-corrected chi connectivity index (χ3v) is 4.81. The molecule has 0 aromatic carbocycles. The van der Waals surface area contributed by atoms with Crippen molar-refractivity contribution in [3.63, 3.8) is 0 Å². The Labute approximate surface area is 109 Å². The highest BCUT2D eigenvalue weighted by molar-refractivity contribution is 7.99. The maximum atomic E-state index is 4.51. The lowest BCUT2D eigenvalue weighted by Gasteiger charge is -2.11. The number of thioether (sulfide) groups is 1. The number of rotatable bonds is 5. The predicted octanol–water partition coefficient (Wildman–Crippen LogP) is 3.64. The SMILES string of the molecule is CNC(C)c1ccc(SCC2CCCC2)cn1. The Balaban J connectivity index is 1.84. The van der Waals surface area contributed by atoms with Crippen molar-refractivity contribution in [2.45, 2.75) is 43.5 Å². The van der Waals surface area contributed by atoms with Crippen LogP contribution in [0.4, 0.5) is 0 Å². The van der Waals surface area contributed by atoms with Crippen LogP contribution in [0.3, 0.4) is 0 Å². The number of hydrogen-bond acceptors (Lipinski definition) is 3. The van der Waals surface area contributed by atoms with Gasteiger partial charge in [0.2, 0.25) is 0 Å². The van der Waals surface area contributed by atoms with Crippen molar-refractivity contribution < 1.29 is 0 Å². The molecule has 1 heterocycles. The van der Waals surface area contributed by atoms with Crippen LogP contribution in [0.15, 0.2) is 23.2 Å². The predicted molar refractivity (Wildman–Crippen MR) is 74.4 cm³/mol. The third-order valence-electron chi connectivity index (χ3n) is 3.60. The summed E-state index contributed by atoms with van der Waals surface area (Å²) in [5.41, 5.74) is 1.12. The molecule has 94 valence electrons. The van der Waals surface area contributed by atoms with E-state index in [1.54, 1.807) is 0 Å². The zero-order chi connectivity index (χ0) is 12.1. The van der Waals surface area contributed by atoms with E-state index in [-0.39, 0.29) is 0 Å². The molecule has 1 aliphatic rings. The highest BCUT2D eigenvalue weighted by atomic mass is 32.2. The molecular formula is C14H22N2S. The molecule has 0 bridgehead atoms. The van der Waals surface area contributed by atoms with Crippen LogP contribution >= 0.6 is 11.8 Å². The van der Waals surface area contributed by atoms with E-state index in [1.807, 2.05) is 25.0 Å². The van der Waals surface area contributed by atoms with Crippen molar-refractivity contribution >= 4 is 11.8 Å². The van der Waals surface area contributed by atoms with Gasteiger partial charge in [0.25, 0.3) is 0 Å². The molecule has 0 saturated heterocycles. The van der Waals surface area contributed by atoms with E-state index in [0.717, 1.165) is 11.6 Å². The average molecular weight is 250 g/mol. The molecule has 1 atom stereocenters. The summed E-state index contributed by atoms with van der Waals surface area (Å²) < 4.78 is 0. The van der Waals surface area contributed by atoms with E-state index in [4.69, 9.17) is 0 Å². The molecule has 0 spiro atoms. The molecule has 0 aliphatic heterocycles. The van der Waals surface area contributed by atoms with Gasteiger partial charge in [-0.05, 0) is 44.9 Å². The van der Waals surface area contributed by atoms with Gasteiger partial charge < -0.3 is 5.32 Å². The second-order valence-electron chi connectivity index (χ2n) is 4.89. The largest absolute Gasteiger partial charge is 0.312 e.